The van der Waals surface area contributed by atoms with Gasteiger partial charge in [-0.2, -0.15) is 0 Å². The molecule has 0 aliphatic carbocycles. The van der Waals surface area contributed by atoms with E-state index in [2.05, 4.69) is 0 Å². The van der Waals surface area contributed by atoms with Crippen molar-refractivity contribution >= 4 is 21.6 Å². The Morgan fingerprint density at radius 1 is 1.42 bits per heavy atom. The number of alkyl halides is 1. The number of nitrogens with zero attached hydrogens (tertiary/aromatic N) is 1. The van der Waals surface area contributed by atoms with E-state index in [1.54, 1.807) is 0 Å². The highest BCUT2D eigenvalue weighted by molar-refractivity contribution is 7.89. The number of rotatable bonds is 6. The van der Waals surface area contributed by atoms with Crippen LogP contribution in [0.2, 0.25) is 0 Å². The Morgan fingerprint density at radius 2 is 2.05 bits per heavy atom. The predicted octanol–water partition coefficient (Wildman–Crippen LogP) is 3.23. The standard InChI is InChI=1S/C13H19ClFNO2S/c1-4-10(2)9-16(3)19(17,18)13-6-5-11(8-14)7-12(13)15/h5-7,10H,4,8-9H2,1-3H3. The molecule has 0 fully saturated rings. The van der Waals surface area contributed by atoms with E-state index in [1.807, 2.05) is 13.8 Å². The summed E-state index contributed by atoms with van der Waals surface area (Å²) in [6, 6.07) is 3.96. The Labute approximate surface area is 119 Å². The molecule has 0 aliphatic heterocycles. The fourth-order valence-electron chi connectivity index (χ4n) is 1.67. The van der Waals surface area contributed by atoms with Crippen molar-refractivity contribution in [1.82, 2.24) is 4.31 Å². The van der Waals surface area contributed by atoms with Crippen LogP contribution in [0.15, 0.2) is 23.1 Å². The van der Waals surface area contributed by atoms with Gasteiger partial charge in [-0.25, -0.2) is 17.1 Å². The smallest absolute Gasteiger partial charge is 0.207 e. The van der Waals surface area contributed by atoms with Gasteiger partial charge in [0.1, 0.15) is 10.7 Å². The molecule has 0 amide bonds. The van der Waals surface area contributed by atoms with Crippen molar-refractivity contribution in [1.29, 1.82) is 0 Å². The summed E-state index contributed by atoms with van der Waals surface area (Å²) in [5.41, 5.74) is 0.558. The van der Waals surface area contributed by atoms with Crippen LogP contribution in [0.25, 0.3) is 0 Å². The minimum absolute atomic E-state index is 0.153. The summed E-state index contributed by atoms with van der Waals surface area (Å²) < 4.78 is 39.6. The Balaban J connectivity index is 3.06. The molecule has 1 unspecified atom stereocenters. The van der Waals surface area contributed by atoms with Gasteiger partial charge in [-0.15, -0.1) is 11.6 Å². The van der Waals surface area contributed by atoms with Crippen LogP contribution in [0.1, 0.15) is 25.8 Å². The molecule has 1 aromatic carbocycles. The molecule has 0 spiro atoms. The van der Waals surface area contributed by atoms with Gasteiger partial charge in [0, 0.05) is 19.5 Å². The first-order valence-corrected chi connectivity index (χ1v) is 8.11. The lowest BCUT2D eigenvalue weighted by molar-refractivity contribution is 0.391. The molecule has 0 aliphatic rings. The number of halogens is 2. The molecular weight excluding hydrogens is 289 g/mol. The number of benzene rings is 1. The van der Waals surface area contributed by atoms with Crippen molar-refractivity contribution in [3.8, 4) is 0 Å². The van der Waals surface area contributed by atoms with E-state index in [0.29, 0.717) is 12.1 Å². The van der Waals surface area contributed by atoms with Gasteiger partial charge in [0.2, 0.25) is 10.0 Å². The summed E-state index contributed by atoms with van der Waals surface area (Å²) in [5.74, 6) is -0.376. The van der Waals surface area contributed by atoms with E-state index >= 15 is 0 Å². The molecule has 19 heavy (non-hydrogen) atoms. The van der Waals surface area contributed by atoms with Crippen molar-refractivity contribution in [3.05, 3.63) is 29.6 Å². The average Bonchev–Trinajstić information content (AvgIpc) is 2.37. The van der Waals surface area contributed by atoms with Crippen molar-refractivity contribution in [2.45, 2.75) is 31.0 Å². The molecule has 1 aromatic rings. The van der Waals surface area contributed by atoms with Gasteiger partial charge in [0.15, 0.2) is 0 Å². The zero-order valence-electron chi connectivity index (χ0n) is 11.4. The zero-order valence-corrected chi connectivity index (χ0v) is 12.9. The van der Waals surface area contributed by atoms with E-state index in [9.17, 15) is 12.8 Å². The van der Waals surface area contributed by atoms with Gasteiger partial charge in [-0.05, 0) is 23.6 Å². The second-order valence-electron chi connectivity index (χ2n) is 4.70. The maximum atomic E-state index is 13.8. The van der Waals surface area contributed by atoms with Gasteiger partial charge in [-0.1, -0.05) is 26.3 Å². The third kappa shape index (κ3) is 3.91. The van der Waals surface area contributed by atoms with Crippen LogP contribution in [0.4, 0.5) is 4.39 Å². The van der Waals surface area contributed by atoms with Crippen LogP contribution in [0.3, 0.4) is 0 Å². The Hall–Kier alpha value is -0.650. The fraction of sp³-hybridized carbons (Fsp3) is 0.538. The average molecular weight is 308 g/mol. The maximum absolute atomic E-state index is 13.8. The lowest BCUT2D eigenvalue weighted by Crippen LogP contribution is -2.31. The van der Waals surface area contributed by atoms with Crippen molar-refractivity contribution < 1.29 is 12.8 Å². The molecule has 0 saturated carbocycles. The maximum Gasteiger partial charge on any atom is 0.245 e. The van der Waals surface area contributed by atoms with Crippen molar-refractivity contribution in [3.63, 3.8) is 0 Å². The Bertz CT molecular complexity index is 533. The summed E-state index contributed by atoms with van der Waals surface area (Å²) in [6.45, 7) is 4.31. The van der Waals surface area contributed by atoms with Crippen LogP contribution in [-0.4, -0.2) is 26.3 Å². The monoisotopic (exact) mass is 307 g/mol. The first-order valence-electron chi connectivity index (χ1n) is 6.13. The number of sulfonamides is 1. The molecule has 0 bridgehead atoms. The second-order valence-corrected chi connectivity index (χ2v) is 6.98. The van der Waals surface area contributed by atoms with Crippen molar-refractivity contribution in [2.24, 2.45) is 5.92 Å². The highest BCUT2D eigenvalue weighted by Gasteiger charge is 2.25. The van der Waals surface area contributed by atoms with E-state index < -0.39 is 15.8 Å². The quantitative estimate of drug-likeness (QED) is 0.757. The number of hydrogen-bond acceptors (Lipinski definition) is 2. The molecule has 0 aromatic heterocycles. The molecule has 0 radical (unpaired) electrons. The molecule has 0 N–H and O–H groups in total. The lowest BCUT2D eigenvalue weighted by atomic mass is 10.1. The number of hydrogen-bond donors (Lipinski definition) is 0. The van der Waals surface area contributed by atoms with Gasteiger partial charge >= 0.3 is 0 Å². The molecular formula is C13H19ClFNO2S. The summed E-state index contributed by atoms with van der Waals surface area (Å²) in [7, 11) is -2.32. The normalized spacial score (nSPS) is 13.8. The minimum atomic E-state index is -3.78. The van der Waals surface area contributed by atoms with Gasteiger partial charge < -0.3 is 0 Å². The Morgan fingerprint density at radius 3 is 2.53 bits per heavy atom. The van der Waals surface area contributed by atoms with E-state index in [1.165, 1.54) is 23.5 Å². The van der Waals surface area contributed by atoms with Gasteiger partial charge in [-0.3, -0.25) is 0 Å². The second kappa shape index (κ2) is 6.68. The van der Waals surface area contributed by atoms with E-state index in [-0.39, 0.29) is 16.7 Å². The highest BCUT2D eigenvalue weighted by Crippen LogP contribution is 2.21. The summed E-state index contributed by atoms with van der Waals surface area (Å²) in [5, 5.41) is 0. The summed E-state index contributed by atoms with van der Waals surface area (Å²) in [4.78, 5) is -0.299. The van der Waals surface area contributed by atoms with Crippen molar-refractivity contribution in [2.75, 3.05) is 13.6 Å². The predicted molar refractivity (Wildman–Crippen MR) is 75.2 cm³/mol. The summed E-state index contributed by atoms with van der Waals surface area (Å²) in [6.07, 6.45) is 0.869. The molecule has 3 nitrogen and oxygen atoms in total. The fourth-order valence-corrected chi connectivity index (χ4v) is 3.17. The van der Waals surface area contributed by atoms with E-state index in [4.69, 9.17) is 11.6 Å². The third-order valence-electron chi connectivity index (χ3n) is 3.10. The molecule has 108 valence electrons. The highest BCUT2D eigenvalue weighted by atomic mass is 35.5. The first kappa shape index (κ1) is 16.4. The zero-order chi connectivity index (χ0) is 14.6. The molecule has 0 heterocycles. The van der Waals surface area contributed by atoms with Crippen LogP contribution in [0, 0.1) is 11.7 Å². The van der Waals surface area contributed by atoms with Crippen LogP contribution >= 0.6 is 11.6 Å². The van der Waals surface area contributed by atoms with E-state index in [0.717, 1.165) is 12.5 Å². The van der Waals surface area contributed by atoms with Crippen LogP contribution in [0.5, 0.6) is 0 Å². The topological polar surface area (TPSA) is 37.4 Å². The first-order chi connectivity index (χ1) is 8.82. The van der Waals surface area contributed by atoms with Gasteiger partial charge in [0.25, 0.3) is 0 Å². The van der Waals surface area contributed by atoms with Crippen LogP contribution in [-0.2, 0) is 15.9 Å². The molecule has 1 atom stereocenters. The van der Waals surface area contributed by atoms with Crippen LogP contribution < -0.4 is 0 Å². The minimum Gasteiger partial charge on any atom is -0.207 e. The Kier molecular flexibility index (Phi) is 5.77. The summed E-state index contributed by atoms with van der Waals surface area (Å²) >= 11 is 5.59. The SMILES string of the molecule is CCC(C)CN(C)S(=O)(=O)c1ccc(CCl)cc1F. The molecule has 1 rings (SSSR count). The van der Waals surface area contributed by atoms with Gasteiger partial charge in [0.05, 0.1) is 0 Å². The third-order valence-corrected chi connectivity index (χ3v) is 5.27. The molecule has 6 heteroatoms. The molecule has 0 saturated heterocycles. The lowest BCUT2D eigenvalue weighted by Gasteiger charge is -2.20. The largest absolute Gasteiger partial charge is 0.245 e.